The number of nitrogens with zero attached hydrogens (tertiary/aromatic N) is 3. The highest BCUT2D eigenvalue weighted by Gasteiger charge is 2.22. The molecular weight excluding hydrogens is 408 g/mol. The Balaban J connectivity index is 1.47. The van der Waals surface area contributed by atoms with Crippen LogP contribution in [0.4, 0.5) is 0 Å². The Morgan fingerprint density at radius 2 is 1.83 bits per heavy atom. The van der Waals surface area contributed by atoms with Crippen LogP contribution < -0.4 is 4.72 Å². The van der Waals surface area contributed by atoms with Crippen molar-refractivity contribution in [3.63, 3.8) is 0 Å². The zero-order valence-corrected chi connectivity index (χ0v) is 17.6. The molecule has 0 radical (unpaired) electrons. The second kappa shape index (κ2) is 8.65. The van der Waals surface area contributed by atoms with Crippen LogP contribution in [0.25, 0.3) is 11.3 Å². The summed E-state index contributed by atoms with van der Waals surface area (Å²) in [6, 6.07) is 10.9. The van der Waals surface area contributed by atoms with Gasteiger partial charge in [-0.25, -0.2) is 13.1 Å². The Morgan fingerprint density at radius 3 is 2.62 bits per heavy atom. The maximum absolute atomic E-state index is 12.5. The second-order valence-electron chi connectivity index (χ2n) is 7.18. The molecule has 0 spiro atoms. The minimum atomic E-state index is -3.48. The van der Waals surface area contributed by atoms with E-state index in [1.165, 1.54) is 11.3 Å². The Labute approximate surface area is 176 Å². The summed E-state index contributed by atoms with van der Waals surface area (Å²) in [5.74, 6) is -0.133. The number of benzene rings is 1. The zero-order chi connectivity index (χ0) is 20.3. The molecule has 3 aromatic rings. The molecule has 0 unspecified atom stereocenters. The van der Waals surface area contributed by atoms with Gasteiger partial charge < -0.3 is 0 Å². The Hall–Kier alpha value is -2.22. The van der Waals surface area contributed by atoms with Crippen LogP contribution in [0.5, 0.6) is 0 Å². The van der Waals surface area contributed by atoms with E-state index in [4.69, 9.17) is 16.7 Å². The lowest BCUT2D eigenvalue weighted by Gasteiger charge is -2.14. The van der Waals surface area contributed by atoms with E-state index in [0.717, 1.165) is 36.9 Å². The topological polar surface area (TPSA) is 76.9 Å². The molecule has 1 aliphatic rings. The summed E-state index contributed by atoms with van der Waals surface area (Å²) in [6.45, 7) is 0.784. The number of rotatable bonds is 7. The molecule has 29 heavy (non-hydrogen) atoms. The summed E-state index contributed by atoms with van der Waals surface area (Å²) in [6.07, 6.45) is 7.80. The van der Waals surface area contributed by atoms with Crippen LogP contribution in [0, 0.1) is 0 Å². The molecule has 4 rings (SSSR count). The van der Waals surface area contributed by atoms with E-state index >= 15 is 0 Å². The van der Waals surface area contributed by atoms with E-state index in [1.54, 1.807) is 36.7 Å². The predicted octanol–water partition coefficient (Wildman–Crippen LogP) is 3.60. The number of hydrogen-bond donors (Lipinski definition) is 1. The van der Waals surface area contributed by atoms with Gasteiger partial charge in [0.2, 0.25) is 10.0 Å². The largest absolute Gasteiger partial charge is 0.267 e. The number of aromatic nitrogens is 3. The van der Waals surface area contributed by atoms with Crippen LogP contribution in [-0.2, 0) is 35.2 Å². The summed E-state index contributed by atoms with van der Waals surface area (Å²) < 4.78 is 29.5. The van der Waals surface area contributed by atoms with Gasteiger partial charge in [-0.1, -0.05) is 29.8 Å². The number of hydrogen-bond acceptors (Lipinski definition) is 4. The average Bonchev–Trinajstić information content (AvgIpc) is 3.09. The highest BCUT2D eigenvalue weighted by molar-refractivity contribution is 7.88. The van der Waals surface area contributed by atoms with Crippen LogP contribution in [0.3, 0.4) is 0 Å². The molecule has 152 valence electrons. The quantitative estimate of drug-likeness (QED) is 0.621. The van der Waals surface area contributed by atoms with Crippen LogP contribution >= 0.6 is 11.6 Å². The van der Waals surface area contributed by atoms with Gasteiger partial charge in [-0.15, -0.1) is 0 Å². The molecule has 0 aliphatic heterocycles. The van der Waals surface area contributed by atoms with E-state index in [1.807, 2.05) is 16.8 Å². The molecule has 1 N–H and O–H groups in total. The van der Waals surface area contributed by atoms with E-state index < -0.39 is 10.0 Å². The second-order valence-corrected chi connectivity index (χ2v) is 9.40. The number of fused-ring (bicyclic) bond motifs is 1. The van der Waals surface area contributed by atoms with Gasteiger partial charge in [0.1, 0.15) is 0 Å². The van der Waals surface area contributed by atoms with Crippen molar-refractivity contribution in [2.24, 2.45) is 0 Å². The number of halogens is 1. The molecule has 0 amide bonds. The summed E-state index contributed by atoms with van der Waals surface area (Å²) in [5.41, 5.74) is 5.13. The molecule has 0 fully saturated rings. The van der Waals surface area contributed by atoms with Crippen molar-refractivity contribution in [2.75, 3.05) is 6.54 Å². The van der Waals surface area contributed by atoms with Gasteiger partial charge in [0, 0.05) is 40.8 Å². The maximum Gasteiger partial charge on any atom is 0.215 e. The fourth-order valence-corrected chi connectivity index (χ4v) is 5.22. The van der Waals surface area contributed by atoms with Gasteiger partial charge in [-0.3, -0.25) is 9.67 Å². The van der Waals surface area contributed by atoms with Crippen molar-refractivity contribution in [3.05, 3.63) is 70.6 Å². The Bertz CT molecular complexity index is 1100. The number of nitrogens with one attached hydrogen (secondary N) is 1. The molecule has 1 aromatic carbocycles. The average molecular weight is 431 g/mol. The van der Waals surface area contributed by atoms with Crippen LogP contribution in [0.1, 0.15) is 29.7 Å². The van der Waals surface area contributed by atoms with Crippen molar-refractivity contribution >= 4 is 21.6 Å². The van der Waals surface area contributed by atoms with Gasteiger partial charge in [0.15, 0.2) is 0 Å². The van der Waals surface area contributed by atoms with Gasteiger partial charge >= 0.3 is 0 Å². The van der Waals surface area contributed by atoms with Gasteiger partial charge in [-0.2, -0.15) is 5.10 Å². The minimum absolute atomic E-state index is 0.133. The third-order valence-corrected chi connectivity index (χ3v) is 6.86. The third-order valence-electron chi connectivity index (χ3n) is 5.16. The summed E-state index contributed by atoms with van der Waals surface area (Å²) in [7, 11) is -3.48. The van der Waals surface area contributed by atoms with Crippen LogP contribution in [0.2, 0.25) is 5.02 Å². The van der Waals surface area contributed by atoms with Gasteiger partial charge in [0.25, 0.3) is 0 Å². The SMILES string of the molecule is O=S(=O)(Cc1ccccc1Cl)NCCn1nc(-c2ccncc2)c2c1CCCC2. The molecule has 0 atom stereocenters. The molecule has 8 heteroatoms. The first-order valence-corrected chi connectivity index (χ1v) is 11.8. The normalized spacial score (nSPS) is 14.0. The van der Waals surface area contributed by atoms with E-state index in [9.17, 15) is 8.42 Å². The molecule has 0 saturated carbocycles. The smallest absolute Gasteiger partial charge is 0.215 e. The molecule has 0 saturated heterocycles. The number of sulfonamides is 1. The number of pyridine rings is 1. The molecule has 6 nitrogen and oxygen atoms in total. The highest BCUT2D eigenvalue weighted by Crippen LogP contribution is 2.30. The first-order chi connectivity index (χ1) is 14.0. The van der Waals surface area contributed by atoms with Gasteiger partial charge in [-0.05, 0) is 49.4 Å². The van der Waals surface area contributed by atoms with E-state index in [-0.39, 0.29) is 12.3 Å². The van der Waals surface area contributed by atoms with E-state index in [0.29, 0.717) is 17.1 Å². The summed E-state index contributed by atoms with van der Waals surface area (Å²) >= 11 is 6.09. The summed E-state index contributed by atoms with van der Waals surface area (Å²) in [4.78, 5) is 4.09. The van der Waals surface area contributed by atoms with Crippen LogP contribution in [-0.4, -0.2) is 29.7 Å². The van der Waals surface area contributed by atoms with Crippen molar-refractivity contribution in [1.82, 2.24) is 19.5 Å². The van der Waals surface area contributed by atoms with Crippen molar-refractivity contribution < 1.29 is 8.42 Å². The van der Waals surface area contributed by atoms with Crippen molar-refractivity contribution in [3.8, 4) is 11.3 Å². The lowest BCUT2D eigenvalue weighted by atomic mass is 9.94. The van der Waals surface area contributed by atoms with Gasteiger partial charge in [0.05, 0.1) is 18.0 Å². The Morgan fingerprint density at radius 1 is 1.07 bits per heavy atom. The fourth-order valence-electron chi connectivity index (χ4n) is 3.78. The lowest BCUT2D eigenvalue weighted by molar-refractivity contribution is 0.538. The molecular formula is C21H23ClN4O2S. The summed E-state index contributed by atoms with van der Waals surface area (Å²) in [5, 5.41) is 5.27. The molecule has 2 aromatic heterocycles. The Kier molecular flexibility index (Phi) is 5.99. The monoisotopic (exact) mass is 430 g/mol. The highest BCUT2D eigenvalue weighted by atomic mass is 35.5. The van der Waals surface area contributed by atoms with Crippen LogP contribution in [0.15, 0.2) is 48.8 Å². The maximum atomic E-state index is 12.5. The zero-order valence-electron chi connectivity index (χ0n) is 16.0. The minimum Gasteiger partial charge on any atom is -0.267 e. The fraction of sp³-hybridized carbons (Fsp3) is 0.333. The van der Waals surface area contributed by atoms with Crippen molar-refractivity contribution in [1.29, 1.82) is 0 Å². The molecule has 2 heterocycles. The lowest BCUT2D eigenvalue weighted by Crippen LogP contribution is -2.29. The van der Waals surface area contributed by atoms with Crippen molar-refractivity contribution in [2.45, 2.75) is 38.0 Å². The predicted molar refractivity (Wildman–Crippen MR) is 114 cm³/mol. The molecule has 1 aliphatic carbocycles. The third kappa shape index (κ3) is 4.69. The first-order valence-electron chi connectivity index (χ1n) is 9.73. The standard InChI is InChI=1S/C21H23ClN4O2S/c22-19-7-3-1-5-17(19)15-29(27,28)24-13-14-26-20-8-4-2-6-18(20)21(25-26)16-9-11-23-12-10-16/h1,3,5,7,9-12,24H,2,4,6,8,13-15H2. The molecule has 0 bridgehead atoms. The van der Waals surface area contributed by atoms with E-state index in [2.05, 4.69) is 9.71 Å². The first kappa shape index (κ1) is 20.1.